The summed E-state index contributed by atoms with van der Waals surface area (Å²) in [5.74, 6) is -1.84. The molecule has 0 aliphatic rings. The van der Waals surface area contributed by atoms with E-state index in [0.29, 0.717) is 12.0 Å². The number of rotatable bonds is 14. The molecule has 0 aliphatic heterocycles. The monoisotopic (exact) mass is 611 g/mol. The molecule has 2 aromatic carbocycles. The number of esters is 1. The number of phenols is 1. The van der Waals surface area contributed by atoms with Crippen molar-refractivity contribution in [3.05, 3.63) is 65.7 Å². The van der Waals surface area contributed by atoms with E-state index in [9.17, 15) is 24.3 Å². The third-order valence-electron chi connectivity index (χ3n) is 6.39. The highest BCUT2D eigenvalue weighted by molar-refractivity contribution is 5.93. The number of carbonyl (C=O) groups excluding carboxylic acids is 4. The summed E-state index contributed by atoms with van der Waals surface area (Å²) < 4.78 is 10.9. The summed E-state index contributed by atoms with van der Waals surface area (Å²) in [6, 6.07) is 13.1. The highest BCUT2D eigenvalue weighted by Crippen LogP contribution is 2.26. The molecular weight excluding hydrogens is 562 g/mol. The fourth-order valence-electron chi connectivity index (χ4n) is 4.50. The minimum Gasteiger partial charge on any atom is -0.508 e. The van der Waals surface area contributed by atoms with Crippen LogP contribution in [-0.4, -0.2) is 64.2 Å². The molecule has 2 rings (SSSR count). The van der Waals surface area contributed by atoms with Gasteiger partial charge in [-0.1, -0.05) is 68.7 Å². The zero-order valence-corrected chi connectivity index (χ0v) is 27.1. The van der Waals surface area contributed by atoms with Crippen molar-refractivity contribution in [3.63, 3.8) is 0 Å². The van der Waals surface area contributed by atoms with Crippen LogP contribution in [0.15, 0.2) is 54.6 Å². The predicted molar refractivity (Wildman–Crippen MR) is 169 cm³/mol. The number of amides is 3. The van der Waals surface area contributed by atoms with Gasteiger partial charge in [-0.15, -0.1) is 0 Å². The average Bonchev–Trinajstić information content (AvgIpc) is 2.91. The van der Waals surface area contributed by atoms with Crippen LogP contribution in [0, 0.1) is 0 Å². The van der Waals surface area contributed by atoms with E-state index in [1.54, 1.807) is 53.7 Å². The molecular formula is C34H49N3O7. The first-order valence-electron chi connectivity index (χ1n) is 15.2. The van der Waals surface area contributed by atoms with Crippen LogP contribution in [0.4, 0.5) is 4.79 Å². The first-order valence-corrected chi connectivity index (χ1v) is 15.2. The van der Waals surface area contributed by atoms with Gasteiger partial charge in [0.2, 0.25) is 11.8 Å². The zero-order chi connectivity index (χ0) is 32.9. The number of alkyl carbamates (subject to hydrolysis) is 1. The van der Waals surface area contributed by atoms with Crippen LogP contribution >= 0.6 is 0 Å². The third kappa shape index (κ3) is 13.1. The second kappa shape index (κ2) is 16.7. The van der Waals surface area contributed by atoms with Crippen molar-refractivity contribution in [1.82, 2.24) is 15.5 Å². The summed E-state index contributed by atoms with van der Waals surface area (Å²) in [4.78, 5) is 54.9. The number of unbranched alkanes of at least 4 members (excludes halogenated alkanes) is 3. The number of nitrogens with zero attached hydrogens (tertiary/aromatic N) is 1. The van der Waals surface area contributed by atoms with Gasteiger partial charge in [0.1, 0.15) is 35.6 Å². The standard InChI is InChI=1S/C34H49N3O7/c1-8-9-10-14-20-37(28(39)23-35-32(42)44-34(5,6)7)29(25-18-15-19-26(38)22-25)30(40)36-27(31(41)43-33(2,3)4)21-24-16-12-11-13-17-24/h11-13,15-19,22,27,29,38H,8-10,14,20-21,23H2,1-7H3,(H,35,42)(H,36,40). The summed E-state index contributed by atoms with van der Waals surface area (Å²) in [6.45, 7) is 12.2. The van der Waals surface area contributed by atoms with E-state index in [4.69, 9.17) is 9.47 Å². The third-order valence-corrected chi connectivity index (χ3v) is 6.39. The maximum Gasteiger partial charge on any atom is 0.408 e. The first-order chi connectivity index (χ1) is 20.6. The number of benzene rings is 2. The Hall–Kier alpha value is -4.08. The van der Waals surface area contributed by atoms with Crippen LogP contribution in [0.25, 0.3) is 0 Å². The SMILES string of the molecule is CCCCCCN(C(=O)CNC(=O)OC(C)(C)C)C(C(=O)NC(Cc1ccccc1)C(=O)OC(C)(C)C)c1cccc(O)c1. The summed E-state index contributed by atoms with van der Waals surface area (Å²) in [7, 11) is 0. The molecule has 2 unspecified atom stereocenters. The summed E-state index contributed by atoms with van der Waals surface area (Å²) in [5, 5.41) is 15.6. The molecule has 0 bridgehead atoms. The van der Waals surface area contributed by atoms with Gasteiger partial charge in [-0.3, -0.25) is 9.59 Å². The molecule has 44 heavy (non-hydrogen) atoms. The van der Waals surface area contributed by atoms with Gasteiger partial charge in [0.15, 0.2) is 0 Å². The van der Waals surface area contributed by atoms with Gasteiger partial charge in [0.05, 0.1) is 0 Å². The van der Waals surface area contributed by atoms with Gasteiger partial charge in [-0.2, -0.15) is 0 Å². The Morgan fingerprint density at radius 2 is 1.52 bits per heavy atom. The molecule has 242 valence electrons. The number of nitrogens with one attached hydrogen (secondary N) is 2. The number of hydrogen-bond acceptors (Lipinski definition) is 7. The molecule has 10 heteroatoms. The lowest BCUT2D eigenvalue weighted by Gasteiger charge is -2.33. The molecule has 0 heterocycles. The number of ether oxygens (including phenoxy) is 2. The summed E-state index contributed by atoms with van der Waals surface area (Å²) in [5.41, 5.74) is -0.388. The van der Waals surface area contributed by atoms with Crippen LogP contribution in [0.3, 0.4) is 0 Å². The van der Waals surface area contributed by atoms with Crippen LogP contribution in [-0.2, 0) is 30.3 Å². The predicted octanol–water partition coefficient (Wildman–Crippen LogP) is 5.44. The minimum atomic E-state index is -1.21. The molecule has 10 nitrogen and oxygen atoms in total. The van der Waals surface area contributed by atoms with Crippen molar-refractivity contribution >= 4 is 23.9 Å². The van der Waals surface area contributed by atoms with Gasteiger partial charge >= 0.3 is 12.1 Å². The van der Waals surface area contributed by atoms with Crippen molar-refractivity contribution in [2.45, 2.75) is 104 Å². The summed E-state index contributed by atoms with van der Waals surface area (Å²) in [6.07, 6.45) is 2.75. The Kier molecular flexibility index (Phi) is 13.7. The lowest BCUT2D eigenvalue weighted by Crippen LogP contribution is -2.52. The van der Waals surface area contributed by atoms with Crippen LogP contribution in [0.5, 0.6) is 5.75 Å². The second-order valence-corrected chi connectivity index (χ2v) is 12.8. The van der Waals surface area contributed by atoms with Gasteiger partial charge in [-0.25, -0.2) is 9.59 Å². The van der Waals surface area contributed by atoms with E-state index in [0.717, 1.165) is 24.8 Å². The van der Waals surface area contributed by atoms with Crippen LogP contribution in [0.1, 0.15) is 91.3 Å². The van der Waals surface area contributed by atoms with Crippen molar-refractivity contribution in [2.24, 2.45) is 0 Å². The van der Waals surface area contributed by atoms with Gasteiger partial charge in [0.25, 0.3) is 0 Å². The largest absolute Gasteiger partial charge is 0.508 e. The normalized spacial score (nSPS) is 12.9. The van der Waals surface area contributed by atoms with E-state index in [2.05, 4.69) is 17.6 Å². The first kappa shape index (κ1) is 36.1. The lowest BCUT2D eigenvalue weighted by molar-refractivity contribution is -0.159. The number of aromatic hydroxyl groups is 1. The molecule has 0 aliphatic carbocycles. The molecule has 0 saturated carbocycles. The molecule has 3 amide bonds. The molecule has 0 fully saturated rings. The lowest BCUT2D eigenvalue weighted by atomic mass is 10.0. The Labute approximate surface area is 261 Å². The van der Waals surface area contributed by atoms with Crippen LogP contribution < -0.4 is 10.6 Å². The average molecular weight is 612 g/mol. The van der Waals surface area contributed by atoms with E-state index in [1.165, 1.54) is 17.0 Å². The van der Waals surface area contributed by atoms with E-state index in [-0.39, 0.29) is 18.7 Å². The molecule has 3 N–H and O–H groups in total. The molecule has 0 saturated heterocycles. The number of hydrogen-bond donors (Lipinski definition) is 3. The smallest absolute Gasteiger partial charge is 0.408 e. The zero-order valence-electron chi connectivity index (χ0n) is 27.1. The van der Waals surface area contributed by atoms with E-state index in [1.807, 2.05) is 30.3 Å². The van der Waals surface area contributed by atoms with Gasteiger partial charge in [-0.05, 0) is 71.2 Å². The second-order valence-electron chi connectivity index (χ2n) is 12.8. The molecule has 2 aromatic rings. The van der Waals surface area contributed by atoms with Crippen molar-refractivity contribution in [1.29, 1.82) is 0 Å². The Morgan fingerprint density at radius 1 is 0.864 bits per heavy atom. The molecule has 2 atom stereocenters. The number of phenolic OH excluding ortho intramolecular Hbond substituents is 1. The van der Waals surface area contributed by atoms with Crippen molar-refractivity contribution in [2.75, 3.05) is 13.1 Å². The number of carbonyl (C=O) groups is 4. The fraction of sp³-hybridized carbons (Fsp3) is 0.529. The maximum atomic E-state index is 14.2. The quantitative estimate of drug-likeness (QED) is 0.191. The van der Waals surface area contributed by atoms with Crippen LogP contribution in [0.2, 0.25) is 0 Å². The molecule has 0 radical (unpaired) electrons. The Morgan fingerprint density at radius 3 is 2.11 bits per heavy atom. The maximum absolute atomic E-state index is 14.2. The van der Waals surface area contributed by atoms with Gasteiger partial charge < -0.3 is 30.1 Å². The Bertz CT molecular complexity index is 1240. The van der Waals surface area contributed by atoms with Gasteiger partial charge in [0, 0.05) is 13.0 Å². The fourth-order valence-corrected chi connectivity index (χ4v) is 4.50. The molecule has 0 spiro atoms. The molecule has 0 aromatic heterocycles. The van der Waals surface area contributed by atoms with Crippen molar-refractivity contribution in [3.8, 4) is 5.75 Å². The van der Waals surface area contributed by atoms with E-state index < -0.39 is 53.7 Å². The minimum absolute atomic E-state index is 0.0847. The highest BCUT2D eigenvalue weighted by atomic mass is 16.6. The Balaban J connectivity index is 2.47. The van der Waals surface area contributed by atoms with Crippen molar-refractivity contribution < 1.29 is 33.8 Å². The summed E-state index contributed by atoms with van der Waals surface area (Å²) >= 11 is 0. The topological polar surface area (TPSA) is 134 Å². The van der Waals surface area contributed by atoms with E-state index >= 15 is 0 Å². The highest BCUT2D eigenvalue weighted by Gasteiger charge is 2.35.